The second-order valence-electron chi connectivity index (χ2n) is 26.3. The van der Waals surface area contributed by atoms with Crippen LogP contribution in [-0.2, 0) is 5.41 Å². The standard InChI is InChI=1S/C89H63B2N5O/c1-89(2)73-51-28-27-48-72(73)87-88(89)91-76-58-75-78(59-82(76)97-83-57-69(56-81(85(83)91)95(87)67-46-25-10-26-47-67)93(64-40-19-7-20-41-64)65-42-21-8-22-43-65)96(86-70(60-32-11-3-12-33-60)49-31-50-71(86)61-34-13-4-14-35-61)80-55-68(92(62-36-15-5-16-37-62)63-38-17-6-18-39-63)54-79-84(80)90(75)74-52-29-30-53-77(74)94(79)66-44-23-9-24-45-66/h3-59H,1-2H3. The molecule has 0 unspecified atom stereocenters. The van der Waals surface area contributed by atoms with Crippen LogP contribution in [0.2, 0.25) is 0 Å². The summed E-state index contributed by atoms with van der Waals surface area (Å²) >= 11 is 0. The smallest absolute Gasteiger partial charge is 0.252 e. The number of hydrogen-bond acceptors (Lipinski definition) is 6. The van der Waals surface area contributed by atoms with E-state index in [0.717, 1.165) is 124 Å². The molecule has 0 saturated heterocycles. The van der Waals surface area contributed by atoms with Crippen LogP contribution in [0.15, 0.2) is 351 Å². The van der Waals surface area contributed by atoms with Gasteiger partial charge in [-0.05, 0) is 141 Å². The molecule has 97 heavy (non-hydrogen) atoms. The van der Waals surface area contributed by atoms with Crippen molar-refractivity contribution in [3.05, 3.63) is 362 Å². The molecule has 0 fully saturated rings. The van der Waals surface area contributed by atoms with Crippen LogP contribution in [0.3, 0.4) is 0 Å². The van der Waals surface area contributed by atoms with Crippen molar-refractivity contribution in [2.75, 3.05) is 24.5 Å². The fourth-order valence-electron chi connectivity index (χ4n) is 16.6. The van der Waals surface area contributed by atoms with Crippen LogP contribution in [0.25, 0.3) is 28.0 Å². The molecule has 0 bridgehead atoms. The van der Waals surface area contributed by atoms with Crippen molar-refractivity contribution in [2.45, 2.75) is 19.3 Å². The van der Waals surface area contributed by atoms with Gasteiger partial charge in [0.05, 0.1) is 17.1 Å². The maximum Gasteiger partial charge on any atom is 0.252 e. The van der Waals surface area contributed by atoms with Crippen LogP contribution < -0.4 is 56.6 Å². The van der Waals surface area contributed by atoms with Crippen molar-refractivity contribution in [2.24, 2.45) is 0 Å². The molecule has 0 saturated carbocycles. The quantitative estimate of drug-likeness (QED) is 0.120. The highest BCUT2D eigenvalue weighted by Crippen LogP contribution is 2.58. The van der Waals surface area contributed by atoms with Gasteiger partial charge >= 0.3 is 0 Å². The molecular weight excluding hydrogens is 1180 g/mol. The van der Waals surface area contributed by atoms with Crippen molar-refractivity contribution < 1.29 is 4.74 Å². The second kappa shape index (κ2) is 22.5. The van der Waals surface area contributed by atoms with Gasteiger partial charge in [0.2, 0.25) is 0 Å². The van der Waals surface area contributed by atoms with Crippen molar-refractivity contribution in [1.29, 1.82) is 0 Å². The van der Waals surface area contributed by atoms with E-state index in [9.17, 15) is 0 Å². The summed E-state index contributed by atoms with van der Waals surface area (Å²) < 4.78 is 8.04. The number of rotatable bonds is 11. The van der Waals surface area contributed by atoms with E-state index in [1.807, 2.05) is 0 Å². The number of anilines is 14. The van der Waals surface area contributed by atoms with Gasteiger partial charge in [0, 0.05) is 102 Å². The highest BCUT2D eigenvalue weighted by molar-refractivity contribution is 7.01. The number of allylic oxidation sites excluding steroid dienone is 1. The van der Waals surface area contributed by atoms with Crippen molar-refractivity contribution in [1.82, 2.24) is 0 Å². The Morgan fingerprint density at radius 2 is 0.732 bits per heavy atom. The summed E-state index contributed by atoms with van der Waals surface area (Å²) in [7, 11) is 0. The molecule has 0 radical (unpaired) electrons. The zero-order valence-corrected chi connectivity index (χ0v) is 53.7. The van der Waals surface area contributed by atoms with Gasteiger partial charge in [0.15, 0.2) is 0 Å². The minimum atomic E-state index is -0.416. The summed E-state index contributed by atoms with van der Waals surface area (Å²) in [4.78, 5) is 12.5. The molecule has 1 aliphatic carbocycles. The minimum absolute atomic E-state index is 0.231. The van der Waals surface area contributed by atoms with Crippen LogP contribution >= 0.6 is 0 Å². The third kappa shape index (κ3) is 8.83. The van der Waals surface area contributed by atoms with E-state index in [1.54, 1.807) is 0 Å². The predicted octanol–water partition coefficient (Wildman–Crippen LogP) is 20.2. The Balaban J connectivity index is 0.959. The molecule has 4 aliphatic heterocycles. The Hall–Kier alpha value is -12.3. The maximum absolute atomic E-state index is 8.04. The first-order valence-corrected chi connectivity index (χ1v) is 33.6. The lowest BCUT2D eigenvalue weighted by atomic mass is 9.29. The Morgan fingerprint density at radius 3 is 1.28 bits per heavy atom. The molecule has 0 amide bonds. The summed E-state index contributed by atoms with van der Waals surface area (Å²) in [6.45, 7) is 4.44. The Morgan fingerprint density at radius 1 is 0.299 bits per heavy atom. The van der Waals surface area contributed by atoms with Gasteiger partial charge in [0.25, 0.3) is 13.4 Å². The Kier molecular flexibility index (Phi) is 13.0. The average molecular weight is 1240 g/mol. The van der Waals surface area contributed by atoms with Gasteiger partial charge in [-0.25, -0.2) is 0 Å². The van der Waals surface area contributed by atoms with Gasteiger partial charge in [-0.2, -0.15) is 0 Å². The van der Waals surface area contributed by atoms with E-state index in [1.165, 1.54) is 38.7 Å². The summed E-state index contributed by atoms with van der Waals surface area (Å²) in [5.41, 5.74) is 30.1. The van der Waals surface area contributed by atoms with E-state index >= 15 is 0 Å². The largest absolute Gasteiger partial charge is 0.458 e. The zero-order valence-electron chi connectivity index (χ0n) is 53.7. The number of nitrogens with zero attached hydrogens (tertiary/aromatic N) is 5. The van der Waals surface area contributed by atoms with Crippen LogP contribution in [0, 0.1) is 0 Å². The average Bonchev–Trinajstić information content (AvgIpc) is 1.67. The van der Waals surface area contributed by atoms with Crippen molar-refractivity contribution in [3.8, 4) is 33.8 Å². The molecule has 0 spiro atoms. The lowest BCUT2D eigenvalue weighted by Crippen LogP contribution is -2.63. The molecule has 0 N–H and O–H groups in total. The molecule has 19 rings (SSSR count). The number of para-hydroxylation sites is 8. The topological polar surface area (TPSA) is 25.4 Å². The normalized spacial score (nSPS) is 13.9. The molecular formula is C89H63B2N5O. The van der Waals surface area contributed by atoms with E-state index in [4.69, 9.17) is 4.74 Å². The first kappa shape index (κ1) is 56.3. The van der Waals surface area contributed by atoms with E-state index < -0.39 is 5.41 Å². The third-order valence-electron chi connectivity index (χ3n) is 20.6. The molecule has 6 nitrogen and oxygen atoms in total. The Labute approximate surface area is 567 Å². The molecule has 0 aromatic heterocycles. The molecule has 5 aliphatic rings. The van der Waals surface area contributed by atoms with Gasteiger partial charge in [-0.3, -0.25) is 0 Å². The van der Waals surface area contributed by atoms with Gasteiger partial charge in [-0.15, -0.1) is 0 Å². The highest BCUT2D eigenvalue weighted by Gasteiger charge is 2.54. The number of fused-ring (bicyclic) bond motifs is 9. The molecule has 4 heterocycles. The molecule has 456 valence electrons. The molecule has 14 aromatic carbocycles. The molecule has 0 atom stereocenters. The number of hydrogen-bond donors (Lipinski definition) is 0. The van der Waals surface area contributed by atoms with Crippen LogP contribution in [0.5, 0.6) is 11.5 Å². The summed E-state index contributed by atoms with van der Waals surface area (Å²) in [5, 5.41) is 0. The second-order valence-corrected chi connectivity index (χ2v) is 26.3. The SMILES string of the molecule is CC1(C)C2=C(c3ccccc31)N(c1ccccc1)c1cc(N(c3ccccc3)c3ccccc3)cc3c1B2c1cc2c(cc1O3)N(c1c(-c3ccccc3)cccc1-c1ccccc1)c1cc(N(c3ccccc3)c3ccccc3)cc3c1B2c1ccccc1N3c1ccccc1. The third-order valence-corrected chi connectivity index (χ3v) is 20.6. The van der Waals surface area contributed by atoms with Crippen LogP contribution in [0.4, 0.5) is 79.6 Å². The lowest BCUT2D eigenvalue weighted by molar-refractivity contribution is 0.487. The van der Waals surface area contributed by atoms with Crippen LogP contribution in [-0.4, -0.2) is 13.4 Å². The molecule has 14 aromatic rings. The Bertz CT molecular complexity index is 5290. The first-order chi connectivity index (χ1) is 47.9. The van der Waals surface area contributed by atoms with Crippen LogP contribution in [0.1, 0.15) is 25.0 Å². The van der Waals surface area contributed by atoms with Gasteiger partial charge in [0.1, 0.15) is 11.5 Å². The summed E-state index contributed by atoms with van der Waals surface area (Å²) in [6, 6.07) is 127. The summed E-state index contributed by atoms with van der Waals surface area (Å²) in [6.07, 6.45) is 0. The fraction of sp³-hybridized carbons (Fsp3) is 0.0337. The van der Waals surface area contributed by atoms with E-state index in [0.29, 0.717) is 0 Å². The first-order valence-electron chi connectivity index (χ1n) is 33.6. The summed E-state index contributed by atoms with van der Waals surface area (Å²) in [5.74, 6) is 1.65. The number of ether oxygens (including phenoxy) is 1. The van der Waals surface area contributed by atoms with Crippen molar-refractivity contribution >= 4 is 126 Å². The lowest BCUT2D eigenvalue weighted by Gasteiger charge is -2.47. The predicted molar refractivity (Wildman–Crippen MR) is 407 cm³/mol. The zero-order chi connectivity index (χ0) is 64.3. The fourth-order valence-corrected chi connectivity index (χ4v) is 16.6. The highest BCUT2D eigenvalue weighted by atomic mass is 16.5. The van der Waals surface area contributed by atoms with E-state index in [-0.39, 0.29) is 13.4 Å². The number of benzene rings is 14. The maximum atomic E-state index is 8.04. The van der Waals surface area contributed by atoms with Gasteiger partial charge < -0.3 is 29.2 Å². The monoisotopic (exact) mass is 1240 g/mol. The van der Waals surface area contributed by atoms with E-state index in [2.05, 4.69) is 384 Å². The van der Waals surface area contributed by atoms with Gasteiger partial charge in [-0.1, -0.05) is 256 Å². The van der Waals surface area contributed by atoms with Crippen molar-refractivity contribution in [3.63, 3.8) is 0 Å². The molecule has 8 heteroatoms. The minimum Gasteiger partial charge on any atom is -0.458 e.